The van der Waals surface area contributed by atoms with Crippen molar-refractivity contribution in [3.8, 4) is 5.75 Å². The molecule has 0 aliphatic rings. The Morgan fingerprint density at radius 1 is 1.24 bits per heavy atom. The molecule has 0 saturated heterocycles. The highest BCUT2D eigenvalue weighted by molar-refractivity contribution is 14.1. The Morgan fingerprint density at radius 2 is 1.81 bits per heavy atom. The quantitative estimate of drug-likeness (QED) is 0.280. The van der Waals surface area contributed by atoms with Gasteiger partial charge in [-0.15, -0.1) is 0 Å². The van der Waals surface area contributed by atoms with Crippen LogP contribution < -0.4 is 9.97 Å². The molecule has 0 fully saturated rings. The van der Waals surface area contributed by atoms with E-state index in [9.17, 15) is 9.59 Å². The fourth-order valence-electron chi connectivity index (χ4n) is 0.979. The molecular weight excluding hydrogens is 396 g/mol. The normalized spacial score (nSPS) is 9.14. The topological polar surface area (TPSA) is 125 Å². The van der Waals surface area contributed by atoms with Gasteiger partial charge in [-0.1, -0.05) is 0 Å². The Hall–Kier alpha value is -1.37. The maximum Gasteiger partial charge on any atom is 0.707 e. The number of benzene rings is 1. The molecule has 1 aromatic rings. The molecule has 116 valence electrons. The Balaban J connectivity index is 0.000000384. The smallest absolute Gasteiger partial charge is 0.512 e. The van der Waals surface area contributed by atoms with Gasteiger partial charge in [-0.3, -0.25) is 14.9 Å². The van der Waals surface area contributed by atoms with Crippen LogP contribution in [0.2, 0.25) is 0 Å². The van der Waals surface area contributed by atoms with E-state index in [1.165, 1.54) is 7.11 Å². The van der Waals surface area contributed by atoms with Gasteiger partial charge in [0.2, 0.25) is 0 Å². The van der Waals surface area contributed by atoms with Crippen LogP contribution in [-0.2, 0) is 14.3 Å². The van der Waals surface area contributed by atoms with E-state index in [1.807, 2.05) is 12.1 Å². The van der Waals surface area contributed by atoms with Crippen LogP contribution in [0, 0.1) is 3.57 Å². The van der Waals surface area contributed by atoms with Gasteiger partial charge in [0.1, 0.15) is 5.75 Å². The molecule has 0 bridgehead atoms. The largest absolute Gasteiger partial charge is 0.707 e. The van der Waals surface area contributed by atoms with Crippen molar-refractivity contribution in [3.05, 3.63) is 27.8 Å². The first-order valence-electron chi connectivity index (χ1n) is 5.63. The highest BCUT2D eigenvalue weighted by Crippen LogP contribution is 2.13. The Labute approximate surface area is 135 Å². The minimum atomic E-state index is -1.74. The molecule has 0 amide bonds. The zero-order valence-corrected chi connectivity index (χ0v) is 13.3. The van der Waals surface area contributed by atoms with Crippen molar-refractivity contribution < 1.29 is 34.1 Å². The van der Waals surface area contributed by atoms with Crippen LogP contribution in [-0.4, -0.2) is 54.6 Å². The number of hydrogen-bond donors (Lipinski definition) is 4. The summed E-state index contributed by atoms with van der Waals surface area (Å²) in [5.74, 6) is -1.02. The number of methoxy groups -OCH3 is 1. The summed E-state index contributed by atoms with van der Waals surface area (Å²) in [5, 5.41) is 27.3. The van der Waals surface area contributed by atoms with Crippen molar-refractivity contribution in [2.75, 3.05) is 20.2 Å². The summed E-state index contributed by atoms with van der Waals surface area (Å²) >= 11 is 2.15. The zero-order chi connectivity index (χ0) is 16.3. The number of ether oxygens (including phenoxy) is 1. The average Bonchev–Trinajstić information content (AvgIpc) is 2.41. The molecule has 21 heavy (non-hydrogen) atoms. The minimum Gasteiger partial charge on any atom is -0.512 e. The van der Waals surface area contributed by atoms with Crippen molar-refractivity contribution in [2.45, 2.75) is 0 Å². The average molecular weight is 411 g/mol. The van der Waals surface area contributed by atoms with E-state index in [2.05, 4.69) is 37.3 Å². The van der Waals surface area contributed by atoms with Crippen LogP contribution in [0.25, 0.3) is 0 Å². The maximum atomic E-state index is 10.3. The SMILES string of the molecule is COC(=O)CNCC(=O)O.OB(O)Oc1ccc(I)cc1. The Kier molecular flexibility index (Phi) is 10.6. The van der Waals surface area contributed by atoms with E-state index in [-0.39, 0.29) is 13.1 Å². The predicted octanol–water partition coefficient (Wildman–Crippen LogP) is -0.527. The predicted molar refractivity (Wildman–Crippen MR) is 82.5 cm³/mol. The van der Waals surface area contributed by atoms with Gasteiger partial charge in [0, 0.05) is 3.57 Å². The maximum absolute atomic E-state index is 10.3. The zero-order valence-electron chi connectivity index (χ0n) is 11.2. The number of carbonyl (C=O) groups is 2. The molecule has 0 spiro atoms. The molecule has 0 atom stereocenters. The lowest BCUT2D eigenvalue weighted by atomic mass is 10.2. The van der Waals surface area contributed by atoms with Crippen LogP contribution in [0.15, 0.2) is 24.3 Å². The van der Waals surface area contributed by atoms with Crippen LogP contribution in [0.3, 0.4) is 0 Å². The second-order valence-corrected chi connectivity index (χ2v) is 4.72. The van der Waals surface area contributed by atoms with Crippen molar-refractivity contribution in [3.63, 3.8) is 0 Å². The fraction of sp³-hybridized carbons (Fsp3) is 0.273. The number of carbonyl (C=O) groups excluding carboxylic acids is 1. The number of nitrogens with one attached hydrogen (secondary N) is 1. The van der Waals surface area contributed by atoms with Crippen LogP contribution in [0.5, 0.6) is 5.75 Å². The molecule has 0 aromatic heterocycles. The van der Waals surface area contributed by atoms with Crippen LogP contribution in [0.4, 0.5) is 0 Å². The van der Waals surface area contributed by atoms with Gasteiger partial charge in [0.15, 0.2) is 0 Å². The van der Waals surface area contributed by atoms with Gasteiger partial charge < -0.3 is 24.5 Å². The molecule has 0 aliphatic carbocycles. The van der Waals surface area contributed by atoms with Gasteiger partial charge in [0.05, 0.1) is 20.2 Å². The van der Waals surface area contributed by atoms with Gasteiger partial charge in [0.25, 0.3) is 0 Å². The lowest BCUT2D eigenvalue weighted by Gasteiger charge is -2.02. The third kappa shape index (κ3) is 12.1. The summed E-state index contributed by atoms with van der Waals surface area (Å²) in [7, 11) is -0.500. The van der Waals surface area contributed by atoms with E-state index in [1.54, 1.807) is 12.1 Å². The molecule has 10 heteroatoms. The number of aliphatic carboxylic acids is 1. The fourth-order valence-corrected chi connectivity index (χ4v) is 1.34. The molecule has 1 rings (SSSR count). The first-order valence-corrected chi connectivity index (χ1v) is 6.70. The van der Waals surface area contributed by atoms with Gasteiger partial charge in [-0.2, -0.15) is 0 Å². The van der Waals surface area contributed by atoms with E-state index in [4.69, 9.17) is 15.2 Å². The van der Waals surface area contributed by atoms with Gasteiger partial charge >= 0.3 is 19.3 Å². The Morgan fingerprint density at radius 3 is 2.24 bits per heavy atom. The van der Waals surface area contributed by atoms with Gasteiger partial charge in [-0.25, -0.2) is 0 Å². The monoisotopic (exact) mass is 411 g/mol. The molecule has 1 aromatic carbocycles. The standard InChI is InChI=1S/C6H6BIO3.C5H9NO4/c8-5-1-3-6(4-2-5)11-7(9)10;1-10-5(9)3-6-2-4(7)8/h1-4,9-10H;6H,2-3H2,1H3,(H,7,8). The summed E-state index contributed by atoms with van der Waals surface area (Å²) in [6.45, 7) is -0.294. The number of carboxylic acid groups (broad SMARTS) is 1. The minimum absolute atomic E-state index is 0.0667. The van der Waals surface area contributed by atoms with Crippen LogP contribution >= 0.6 is 22.6 Å². The van der Waals surface area contributed by atoms with Gasteiger partial charge in [-0.05, 0) is 46.9 Å². The lowest BCUT2D eigenvalue weighted by Crippen LogP contribution is -2.28. The van der Waals surface area contributed by atoms with Crippen LogP contribution in [0.1, 0.15) is 0 Å². The highest BCUT2D eigenvalue weighted by atomic mass is 127. The number of hydrogen-bond acceptors (Lipinski definition) is 7. The van der Waals surface area contributed by atoms with Crippen molar-refractivity contribution in [1.82, 2.24) is 5.32 Å². The number of esters is 1. The van der Waals surface area contributed by atoms with E-state index < -0.39 is 19.3 Å². The van der Waals surface area contributed by atoms with E-state index in [0.29, 0.717) is 5.75 Å². The van der Waals surface area contributed by atoms with Crippen molar-refractivity contribution >= 4 is 41.9 Å². The number of halogens is 1. The first-order chi connectivity index (χ1) is 9.85. The molecule has 4 N–H and O–H groups in total. The summed E-state index contributed by atoms with van der Waals surface area (Å²) < 4.78 is 9.89. The van der Waals surface area contributed by atoms with E-state index in [0.717, 1.165) is 3.57 Å². The lowest BCUT2D eigenvalue weighted by molar-refractivity contribution is -0.140. The third-order valence-electron chi connectivity index (χ3n) is 1.83. The third-order valence-corrected chi connectivity index (χ3v) is 2.55. The van der Waals surface area contributed by atoms with E-state index >= 15 is 0 Å². The highest BCUT2D eigenvalue weighted by Gasteiger charge is 2.09. The molecule has 0 aliphatic heterocycles. The first kappa shape index (κ1) is 19.6. The second-order valence-electron chi connectivity index (χ2n) is 3.47. The molecular formula is C11H15BINO7. The summed E-state index contributed by atoms with van der Waals surface area (Å²) in [5.41, 5.74) is 0. The molecule has 0 heterocycles. The molecule has 0 unspecified atom stereocenters. The van der Waals surface area contributed by atoms with Crippen molar-refractivity contribution in [1.29, 1.82) is 0 Å². The summed E-state index contributed by atoms with van der Waals surface area (Å²) in [6, 6.07) is 6.97. The summed E-state index contributed by atoms with van der Waals surface area (Å²) in [6.07, 6.45) is 0. The number of carboxylic acids is 1. The molecule has 8 nitrogen and oxygen atoms in total. The van der Waals surface area contributed by atoms with Crippen molar-refractivity contribution in [2.24, 2.45) is 0 Å². The molecule has 0 radical (unpaired) electrons. The summed E-state index contributed by atoms with van der Waals surface area (Å²) in [4.78, 5) is 20.2. The second kappa shape index (κ2) is 11.3. The number of rotatable bonds is 6. The molecule has 0 saturated carbocycles. The Bertz CT molecular complexity index is 441.